The molecule has 0 radical (unpaired) electrons. The SMILES string of the molecule is Cc1cc(-c2ccc3ccccc3c2)c2cc(C(=O)NC3CCOCC3)ccc2n1. The lowest BCUT2D eigenvalue weighted by atomic mass is 9.96. The molecule has 4 heteroatoms. The summed E-state index contributed by atoms with van der Waals surface area (Å²) in [5, 5.41) is 6.57. The fraction of sp³-hybridized carbons (Fsp3) is 0.231. The minimum absolute atomic E-state index is 0.0335. The van der Waals surface area contributed by atoms with Gasteiger partial charge in [-0.3, -0.25) is 9.78 Å². The highest BCUT2D eigenvalue weighted by Crippen LogP contribution is 2.31. The highest BCUT2D eigenvalue weighted by molar-refractivity contribution is 6.03. The number of ether oxygens (including phenoxy) is 1. The van der Waals surface area contributed by atoms with Crippen LogP contribution < -0.4 is 5.32 Å². The Morgan fingerprint density at radius 1 is 0.967 bits per heavy atom. The summed E-state index contributed by atoms with van der Waals surface area (Å²) in [5.74, 6) is -0.0335. The third-order valence-electron chi connectivity index (χ3n) is 5.82. The van der Waals surface area contributed by atoms with Gasteiger partial charge in [0, 0.05) is 35.9 Å². The average Bonchev–Trinajstić information content (AvgIpc) is 2.78. The summed E-state index contributed by atoms with van der Waals surface area (Å²) in [6, 6.07) is 22.9. The molecule has 5 rings (SSSR count). The van der Waals surface area contributed by atoms with Crippen LogP contribution in [0.4, 0.5) is 0 Å². The summed E-state index contributed by atoms with van der Waals surface area (Å²) in [6.45, 7) is 3.42. The van der Waals surface area contributed by atoms with Gasteiger partial charge < -0.3 is 10.1 Å². The molecule has 0 saturated carbocycles. The van der Waals surface area contributed by atoms with Crippen molar-refractivity contribution in [2.45, 2.75) is 25.8 Å². The lowest BCUT2D eigenvalue weighted by Crippen LogP contribution is -2.38. The number of nitrogens with zero attached hydrogens (tertiary/aromatic N) is 1. The number of carbonyl (C=O) groups excluding carboxylic acids is 1. The number of aromatic nitrogens is 1. The maximum atomic E-state index is 12.9. The van der Waals surface area contributed by atoms with Crippen molar-refractivity contribution in [3.05, 3.63) is 78.0 Å². The first-order valence-corrected chi connectivity index (χ1v) is 10.5. The van der Waals surface area contributed by atoms with Gasteiger partial charge in [0.2, 0.25) is 0 Å². The van der Waals surface area contributed by atoms with E-state index in [0.717, 1.165) is 40.6 Å². The van der Waals surface area contributed by atoms with Crippen LogP contribution in [-0.4, -0.2) is 30.1 Å². The number of fused-ring (bicyclic) bond motifs is 2. The number of hydrogen-bond acceptors (Lipinski definition) is 3. The molecule has 150 valence electrons. The third kappa shape index (κ3) is 3.66. The number of pyridine rings is 1. The van der Waals surface area contributed by atoms with Crippen molar-refractivity contribution in [2.24, 2.45) is 0 Å². The van der Waals surface area contributed by atoms with E-state index in [4.69, 9.17) is 9.72 Å². The topological polar surface area (TPSA) is 51.2 Å². The molecule has 2 heterocycles. The molecule has 1 aliphatic rings. The van der Waals surface area contributed by atoms with Crippen molar-refractivity contribution in [1.29, 1.82) is 0 Å². The predicted octanol–water partition coefficient (Wildman–Crippen LogP) is 5.27. The van der Waals surface area contributed by atoms with Gasteiger partial charge in [-0.1, -0.05) is 36.4 Å². The van der Waals surface area contributed by atoms with Gasteiger partial charge in [-0.15, -0.1) is 0 Å². The molecular weight excluding hydrogens is 372 g/mol. The minimum atomic E-state index is -0.0335. The zero-order chi connectivity index (χ0) is 20.5. The van der Waals surface area contributed by atoms with E-state index in [2.05, 4.69) is 53.8 Å². The molecule has 3 aromatic carbocycles. The highest BCUT2D eigenvalue weighted by atomic mass is 16.5. The van der Waals surface area contributed by atoms with Crippen LogP contribution in [0.15, 0.2) is 66.7 Å². The van der Waals surface area contributed by atoms with Crippen LogP contribution in [0.1, 0.15) is 28.9 Å². The van der Waals surface area contributed by atoms with E-state index < -0.39 is 0 Å². The first-order valence-electron chi connectivity index (χ1n) is 10.5. The lowest BCUT2D eigenvalue weighted by molar-refractivity contribution is 0.0696. The van der Waals surface area contributed by atoms with Crippen LogP contribution in [0.25, 0.3) is 32.8 Å². The van der Waals surface area contributed by atoms with Crippen molar-refractivity contribution < 1.29 is 9.53 Å². The number of aryl methyl sites for hydroxylation is 1. The van der Waals surface area contributed by atoms with E-state index in [-0.39, 0.29) is 11.9 Å². The Bertz CT molecular complexity index is 1240. The van der Waals surface area contributed by atoms with E-state index in [1.54, 1.807) is 0 Å². The summed E-state index contributed by atoms with van der Waals surface area (Å²) < 4.78 is 5.39. The molecule has 1 N–H and O–H groups in total. The van der Waals surface area contributed by atoms with Crippen LogP contribution >= 0.6 is 0 Å². The molecule has 1 aromatic heterocycles. The Hall–Kier alpha value is -3.24. The van der Waals surface area contributed by atoms with Gasteiger partial charge in [-0.25, -0.2) is 0 Å². The van der Waals surface area contributed by atoms with Gasteiger partial charge >= 0.3 is 0 Å². The largest absolute Gasteiger partial charge is 0.381 e. The van der Waals surface area contributed by atoms with E-state index in [1.165, 1.54) is 10.8 Å². The predicted molar refractivity (Wildman–Crippen MR) is 121 cm³/mol. The number of rotatable bonds is 3. The Morgan fingerprint density at radius 3 is 2.60 bits per heavy atom. The standard InChI is InChI=1S/C26H24N2O2/c1-17-14-23(20-7-6-18-4-2-3-5-19(18)15-20)24-16-21(8-9-25(24)27-17)26(29)28-22-10-12-30-13-11-22/h2-9,14-16,22H,10-13H2,1H3,(H,28,29). The zero-order valence-corrected chi connectivity index (χ0v) is 17.0. The second kappa shape index (κ2) is 7.88. The van der Waals surface area contributed by atoms with Gasteiger partial charge in [0.05, 0.1) is 5.52 Å². The Balaban J connectivity index is 1.56. The highest BCUT2D eigenvalue weighted by Gasteiger charge is 2.18. The second-order valence-corrected chi connectivity index (χ2v) is 7.97. The molecule has 1 fully saturated rings. The Labute approximate surface area is 175 Å². The van der Waals surface area contributed by atoms with Crippen molar-refractivity contribution >= 4 is 27.6 Å². The summed E-state index contributed by atoms with van der Waals surface area (Å²) in [5.41, 5.74) is 4.77. The van der Waals surface area contributed by atoms with Crippen molar-refractivity contribution in [2.75, 3.05) is 13.2 Å². The van der Waals surface area contributed by atoms with E-state index in [1.807, 2.05) is 25.1 Å². The maximum absolute atomic E-state index is 12.9. The van der Waals surface area contributed by atoms with Crippen molar-refractivity contribution in [3.63, 3.8) is 0 Å². The van der Waals surface area contributed by atoms with Gasteiger partial charge in [0.1, 0.15) is 0 Å². The fourth-order valence-corrected chi connectivity index (χ4v) is 4.21. The summed E-state index contributed by atoms with van der Waals surface area (Å²) in [7, 11) is 0. The zero-order valence-electron chi connectivity index (χ0n) is 17.0. The van der Waals surface area contributed by atoms with Crippen LogP contribution in [0.5, 0.6) is 0 Å². The molecule has 0 unspecified atom stereocenters. The summed E-state index contributed by atoms with van der Waals surface area (Å²) in [6.07, 6.45) is 1.73. The van der Waals surface area contributed by atoms with Crippen LogP contribution in [-0.2, 0) is 4.74 Å². The first kappa shape index (κ1) is 18.8. The van der Waals surface area contributed by atoms with Crippen molar-refractivity contribution in [1.82, 2.24) is 10.3 Å². The second-order valence-electron chi connectivity index (χ2n) is 7.97. The summed E-state index contributed by atoms with van der Waals surface area (Å²) >= 11 is 0. The molecule has 1 aliphatic heterocycles. The Morgan fingerprint density at radius 2 is 1.77 bits per heavy atom. The molecule has 0 bridgehead atoms. The average molecular weight is 396 g/mol. The molecular formula is C26H24N2O2. The minimum Gasteiger partial charge on any atom is -0.381 e. The summed E-state index contributed by atoms with van der Waals surface area (Å²) in [4.78, 5) is 17.6. The Kier molecular flexibility index (Phi) is 4.93. The van der Waals surface area contributed by atoms with Crippen LogP contribution in [0, 0.1) is 6.92 Å². The quantitative estimate of drug-likeness (QED) is 0.513. The number of benzene rings is 3. The first-order chi connectivity index (χ1) is 14.7. The fourth-order valence-electron chi connectivity index (χ4n) is 4.21. The van der Waals surface area contributed by atoms with Gasteiger partial charge in [-0.05, 0) is 72.0 Å². The number of nitrogens with one attached hydrogen (secondary N) is 1. The maximum Gasteiger partial charge on any atom is 0.251 e. The number of hydrogen-bond donors (Lipinski definition) is 1. The van der Waals surface area contributed by atoms with Gasteiger partial charge in [-0.2, -0.15) is 0 Å². The normalized spacial score (nSPS) is 14.8. The molecule has 4 aromatic rings. The molecule has 1 saturated heterocycles. The number of carbonyl (C=O) groups is 1. The van der Waals surface area contributed by atoms with Crippen molar-refractivity contribution in [3.8, 4) is 11.1 Å². The molecule has 30 heavy (non-hydrogen) atoms. The van der Waals surface area contributed by atoms with E-state index in [0.29, 0.717) is 18.8 Å². The lowest BCUT2D eigenvalue weighted by Gasteiger charge is -2.23. The monoisotopic (exact) mass is 396 g/mol. The smallest absolute Gasteiger partial charge is 0.251 e. The van der Waals surface area contributed by atoms with E-state index >= 15 is 0 Å². The molecule has 1 amide bonds. The van der Waals surface area contributed by atoms with Gasteiger partial charge in [0.25, 0.3) is 5.91 Å². The molecule has 0 atom stereocenters. The molecule has 4 nitrogen and oxygen atoms in total. The third-order valence-corrected chi connectivity index (χ3v) is 5.82. The van der Waals surface area contributed by atoms with Crippen LogP contribution in [0.3, 0.4) is 0 Å². The van der Waals surface area contributed by atoms with E-state index in [9.17, 15) is 4.79 Å². The molecule has 0 spiro atoms. The molecule has 0 aliphatic carbocycles. The number of amides is 1. The van der Waals surface area contributed by atoms with Gasteiger partial charge in [0.15, 0.2) is 0 Å². The van der Waals surface area contributed by atoms with Crippen LogP contribution in [0.2, 0.25) is 0 Å².